The van der Waals surface area contributed by atoms with E-state index in [9.17, 15) is 9.90 Å². The molecule has 1 aromatic heterocycles. The fourth-order valence-electron chi connectivity index (χ4n) is 2.61. The predicted molar refractivity (Wildman–Crippen MR) is 89.1 cm³/mol. The maximum absolute atomic E-state index is 12.1. The zero-order chi connectivity index (χ0) is 15.6. The van der Waals surface area contributed by atoms with Gasteiger partial charge in [0.2, 0.25) is 0 Å². The average Bonchev–Trinajstić information content (AvgIpc) is 3.22. The molecule has 2 amide bonds. The molecule has 22 heavy (non-hydrogen) atoms. The molecule has 3 N–H and O–H groups in total. The number of amides is 2. The molecule has 116 valence electrons. The van der Waals surface area contributed by atoms with Gasteiger partial charge in [-0.2, -0.15) is 0 Å². The van der Waals surface area contributed by atoms with Crippen molar-refractivity contribution < 1.29 is 9.90 Å². The monoisotopic (exact) mass is 316 g/mol. The van der Waals surface area contributed by atoms with Gasteiger partial charge in [-0.3, -0.25) is 0 Å². The number of benzene rings is 1. The number of aryl methyl sites for hydroxylation is 1. The summed E-state index contributed by atoms with van der Waals surface area (Å²) in [6.07, 6.45) is 2.02. The lowest BCUT2D eigenvalue weighted by molar-refractivity contribution is 0.0200. The minimum Gasteiger partial charge on any atom is -0.382 e. The quantitative estimate of drug-likeness (QED) is 0.791. The fraction of sp³-hybridized carbons (Fsp3) is 0.353. The Bertz CT molecular complexity index is 652. The van der Waals surface area contributed by atoms with E-state index in [0.717, 1.165) is 29.0 Å². The molecule has 0 bridgehead atoms. The van der Waals surface area contributed by atoms with Crippen LogP contribution >= 0.6 is 11.3 Å². The minimum absolute atomic E-state index is 0.232. The van der Waals surface area contributed by atoms with Gasteiger partial charge in [-0.05, 0) is 48.8 Å². The Morgan fingerprint density at radius 3 is 2.73 bits per heavy atom. The topological polar surface area (TPSA) is 61.4 Å². The van der Waals surface area contributed by atoms with Gasteiger partial charge in [0.15, 0.2) is 0 Å². The van der Waals surface area contributed by atoms with E-state index in [1.807, 2.05) is 48.7 Å². The third kappa shape index (κ3) is 3.15. The summed E-state index contributed by atoms with van der Waals surface area (Å²) >= 11 is 1.53. The molecule has 1 saturated carbocycles. The smallest absolute Gasteiger partial charge is 0.319 e. The van der Waals surface area contributed by atoms with Crippen molar-refractivity contribution >= 4 is 23.1 Å². The van der Waals surface area contributed by atoms with Gasteiger partial charge in [-0.25, -0.2) is 4.79 Å². The maximum atomic E-state index is 12.1. The highest BCUT2D eigenvalue weighted by Crippen LogP contribution is 2.46. The van der Waals surface area contributed by atoms with Crippen LogP contribution in [0.4, 0.5) is 10.5 Å². The first-order valence-corrected chi connectivity index (χ1v) is 8.34. The number of urea groups is 1. The first-order chi connectivity index (χ1) is 10.6. The van der Waals surface area contributed by atoms with Crippen LogP contribution in [0.15, 0.2) is 41.8 Å². The molecule has 1 heterocycles. The lowest BCUT2D eigenvalue weighted by Crippen LogP contribution is -2.43. The number of aliphatic hydroxyl groups is 1. The van der Waals surface area contributed by atoms with Gasteiger partial charge in [0.05, 0.1) is 6.54 Å². The molecular formula is C17H20N2O2S. The normalized spacial score (nSPS) is 16.8. The van der Waals surface area contributed by atoms with E-state index in [-0.39, 0.29) is 18.5 Å². The molecule has 4 nitrogen and oxygen atoms in total. The Balaban J connectivity index is 1.63. The Labute approximate surface area is 134 Å². The Morgan fingerprint density at radius 1 is 1.32 bits per heavy atom. The van der Waals surface area contributed by atoms with Crippen molar-refractivity contribution in [1.82, 2.24) is 5.32 Å². The van der Waals surface area contributed by atoms with Crippen molar-refractivity contribution in [2.45, 2.75) is 25.4 Å². The molecule has 1 aromatic carbocycles. The molecule has 2 aromatic rings. The first-order valence-electron chi connectivity index (χ1n) is 7.46. The SMILES string of the molecule is Cc1ccccc1NC(=O)NCC(O)(c1cccs1)C1CC1. The van der Waals surface area contributed by atoms with Crippen LogP contribution in [0, 0.1) is 12.8 Å². The summed E-state index contributed by atoms with van der Waals surface area (Å²) in [5.41, 5.74) is 0.844. The molecule has 0 radical (unpaired) electrons. The second-order valence-electron chi connectivity index (χ2n) is 5.80. The number of hydrogen-bond acceptors (Lipinski definition) is 3. The zero-order valence-electron chi connectivity index (χ0n) is 12.5. The van der Waals surface area contributed by atoms with Crippen LogP contribution in [0.2, 0.25) is 0 Å². The lowest BCUT2D eigenvalue weighted by atomic mass is 9.96. The second kappa shape index (κ2) is 6.10. The second-order valence-corrected chi connectivity index (χ2v) is 6.75. The summed E-state index contributed by atoms with van der Waals surface area (Å²) in [6.45, 7) is 2.18. The van der Waals surface area contributed by atoms with Crippen molar-refractivity contribution in [2.75, 3.05) is 11.9 Å². The molecule has 1 atom stereocenters. The number of hydrogen-bond donors (Lipinski definition) is 3. The van der Waals surface area contributed by atoms with E-state index < -0.39 is 5.60 Å². The van der Waals surface area contributed by atoms with Crippen LogP contribution in [0.25, 0.3) is 0 Å². The minimum atomic E-state index is -0.947. The number of carbonyl (C=O) groups is 1. The van der Waals surface area contributed by atoms with E-state index >= 15 is 0 Å². The van der Waals surface area contributed by atoms with Gasteiger partial charge >= 0.3 is 6.03 Å². The maximum Gasteiger partial charge on any atom is 0.319 e. The van der Waals surface area contributed by atoms with Crippen LogP contribution in [0.5, 0.6) is 0 Å². The summed E-state index contributed by atoms with van der Waals surface area (Å²) in [5.74, 6) is 0.241. The van der Waals surface area contributed by atoms with E-state index in [1.54, 1.807) is 0 Å². The number of rotatable bonds is 5. The highest BCUT2D eigenvalue weighted by molar-refractivity contribution is 7.10. The van der Waals surface area contributed by atoms with E-state index in [0.29, 0.717) is 0 Å². The summed E-state index contributed by atoms with van der Waals surface area (Å²) in [6, 6.07) is 11.2. The Morgan fingerprint density at radius 2 is 2.09 bits per heavy atom. The zero-order valence-corrected chi connectivity index (χ0v) is 13.3. The average molecular weight is 316 g/mol. The molecule has 1 aliphatic rings. The molecule has 0 aliphatic heterocycles. The number of anilines is 1. The fourth-order valence-corrected chi connectivity index (χ4v) is 3.52. The van der Waals surface area contributed by atoms with Crippen LogP contribution in [-0.2, 0) is 5.60 Å². The highest BCUT2D eigenvalue weighted by atomic mass is 32.1. The van der Waals surface area contributed by atoms with Crippen LogP contribution in [-0.4, -0.2) is 17.7 Å². The van der Waals surface area contributed by atoms with Crippen LogP contribution in [0.3, 0.4) is 0 Å². The third-order valence-corrected chi connectivity index (χ3v) is 5.15. The van der Waals surface area contributed by atoms with Crippen molar-refractivity contribution in [1.29, 1.82) is 0 Å². The van der Waals surface area contributed by atoms with Gasteiger partial charge in [0, 0.05) is 10.6 Å². The van der Waals surface area contributed by atoms with Crippen LogP contribution in [0.1, 0.15) is 23.3 Å². The van der Waals surface area contributed by atoms with Crippen LogP contribution < -0.4 is 10.6 Å². The summed E-state index contributed by atoms with van der Waals surface area (Å²) in [7, 11) is 0. The molecule has 0 saturated heterocycles. The number of carbonyl (C=O) groups excluding carboxylic acids is 1. The van der Waals surface area contributed by atoms with Crippen molar-refractivity contribution in [3.8, 4) is 0 Å². The van der Waals surface area contributed by atoms with E-state index in [4.69, 9.17) is 0 Å². The standard InChI is InChI=1S/C17H20N2O2S/c1-12-5-2-3-6-14(12)19-16(20)18-11-17(21,13-8-9-13)15-7-4-10-22-15/h2-7,10,13,21H,8-9,11H2,1H3,(H2,18,19,20). The Kier molecular flexibility index (Phi) is 4.18. The summed E-state index contributed by atoms with van der Waals surface area (Å²) in [5, 5.41) is 18.5. The highest BCUT2D eigenvalue weighted by Gasteiger charge is 2.45. The van der Waals surface area contributed by atoms with Crippen molar-refractivity contribution in [3.05, 3.63) is 52.2 Å². The molecule has 1 aliphatic carbocycles. The molecule has 0 spiro atoms. The van der Waals surface area contributed by atoms with Gasteiger partial charge in [-0.15, -0.1) is 11.3 Å². The Hall–Kier alpha value is -1.85. The molecular weight excluding hydrogens is 296 g/mol. The van der Waals surface area contributed by atoms with Gasteiger partial charge in [-0.1, -0.05) is 24.3 Å². The van der Waals surface area contributed by atoms with Gasteiger partial charge < -0.3 is 15.7 Å². The van der Waals surface area contributed by atoms with Crippen molar-refractivity contribution in [3.63, 3.8) is 0 Å². The lowest BCUT2D eigenvalue weighted by Gasteiger charge is -2.27. The van der Waals surface area contributed by atoms with Gasteiger partial charge in [0.25, 0.3) is 0 Å². The number of thiophene rings is 1. The van der Waals surface area contributed by atoms with E-state index in [2.05, 4.69) is 10.6 Å². The van der Waals surface area contributed by atoms with Crippen molar-refractivity contribution in [2.24, 2.45) is 5.92 Å². The van der Waals surface area contributed by atoms with Gasteiger partial charge in [0.1, 0.15) is 5.60 Å². The number of para-hydroxylation sites is 1. The first kappa shape index (κ1) is 15.1. The number of nitrogens with one attached hydrogen (secondary N) is 2. The predicted octanol–water partition coefficient (Wildman–Crippen LogP) is 3.48. The molecule has 3 rings (SSSR count). The molecule has 1 unspecified atom stereocenters. The summed E-state index contributed by atoms with van der Waals surface area (Å²) in [4.78, 5) is 13.0. The third-order valence-electron chi connectivity index (χ3n) is 4.11. The summed E-state index contributed by atoms with van der Waals surface area (Å²) < 4.78 is 0. The molecule has 5 heteroatoms. The molecule has 1 fully saturated rings. The largest absolute Gasteiger partial charge is 0.382 e. The van der Waals surface area contributed by atoms with E-state index in [1.165, 1.54) is 11.3 Å².